The molecule has 2 aliphatic rings. The number of hydrogen-bond acceptors (Lipinski definition) is 3. The molecule has 4 heteroatoms. The predicted octanol–water partition coefficient (Wildman–Crippen LogP) is 2.40. The van der Waals surface area contributed by atoms with Gasteiger partial charge in [0.05, 0.1) is 6.04 Å². The van der Waals surface area contributed by atoms with Crippen LogP contribution >= 0.6 is 0 Å². The lowest BCUT2D eigenvalue weighted by molar-refractivity contribution is -0.140. The molecule has 1 aromatic carbocycles. The van der Waals surface area contributed by atoms with Crippen LogP contribution in [0.3, 0.4) is 0 Å². The molecule has 0 spiro atoms. The van der Waals surface area contributed by atoms with Gasteiger partial charge in [0, 0.05) is 6.54 Å². The second kappa shape index (κ2) is 7.05. The predicted molar refractivity (Wildman–Crippen MR) is 85.4 cm³/mol. The average Bonchev–Trinajstić information content (AvgIpc) is 3.06. The first kappa shape index (κ1) is 15.2. The van der Waals surface area contributed by atoms with Gasteiger partial charge in [0.1, 0.15) is 12.3 Å². The molecule has 4 nitrogen and oxygen atoms in total. The first-order chi connectivity index (χ1) is 10.8. The highest BCUT2D eigenvalue weighted by atomic mass is 16.2. The van der Waals surface area contributed by atoms with Gasteiger partial charge in [0.25, 0.3) is 0 Å². The van der Waals surface area contributed by atoms with Gasteiger partial charge in [0.2, 0.25) is 5.91 Å². The number of piperidine rings is 1. The van der Waals surface area contributed by atoms with Crippen LogP contribution in [0.25, 0.3) is 0 Å². The topological polar surface area (TPSA) is 40.6 Å². The summed E-state index contributed by atoms with van der Waals surface area (Å²) in [6.45, 7) is 2.63. The molecule has 2 saturated heterocycles. The van der Waals surface area contributed by atoms with Gasteiger partial charge < -0.3 is 9.69 Å². The van der Waals surface area contributed by atoms with Crippen molar-refractivity contribution in [3.63, 3.8) is 0 Å². The maximum Gasteiger partial charge on any atom is 0.245 e. The smallest absolute Gasteiger partial charge is 0.245 e. The molecule has 118 valence electrons. The van der Waals surface area contributed by atoms with Gasteiger partial charge in [-0.25, -0.2) is 0 Å². The van der Waals surface area contributed by atoms with E-state index >= 15 is 0 Å². The van der Waals surface area contributed by atoms with Crippen LogP contribution in [0.1, 0.15) is 43.7 Å². The molecular formula is C18H24N2O2. The summed E-state index contributed by atoms with van der Waals surface area (Å²) in [5.74, 6) is 0.0997. The third-order valence-electron chi connectivity index (χ3n) is 4.84. The van der Waals surface area contributed by atoms with Gasteiger partial charge in [-0.05, 0) is 44.3 Å². The number of amides is 1. The third-order valence-corrected chi connectivity index (χ3v) is 4.84. The van der Waals surface area contributed by atoms with E-state index in [4.69, 9.17) is 0 Å². The molecule has 0 aromatic heterocycles. The average molecular weight is 300 g/mol. The zero-order valence-corrected chi connectivity index (χ0v) is 13.0. The monoisotopic (exact) mass is 300 g/mol. The van der Waals surface area contributed by atoms with Gasteiger partial charge in [0.15, 0.2) is 0 Å². The van der Waals surface area contributed by atoms with Crippen LogP contribution in [0.2, 0.25) is 0 Å². The summed E-state index contributed by atoms with van der Waals surface area (Å²) in [6.07, 6.45) is 6.20. The molecule has 2 aliphatic heterocycles. The van der Waals surface area contributed by atoms with Crippen molar-refractivity contribution in [2.75, 3.05) is 19.6 Å². The SMILES string of the molecule is O=CC1CCCN1C(=O)C(c1ccccc1)N1CCCCC1. The van der Waals surface area contributed by atoms with E-state index in [9.17, 15) is 9.59 Å². The minimum absolute atomic E-state index is 0.0997. The highest BCUT2D eigenvalue weighted by molar-refractivity contribution is 5.86. The van der Waals surface area contributed by atoms with E-state index in [0.717, 1.165) is 50.6 Å². The maximum atomic E-state index is 13.1. The first-order valence-electron chi connectivity index (χ1n) is 8.36. The van der Waals surface area contributed by atoms with Gasteiger partial charge >= 0.3 is 0 Å². The van der Waals surface area contributed by atoms with Crippen LogP contribution in [0.5, 0.6) is 0 Å². The maximum absolute atomic E-state index is 13.1. The fraction of sp³-hybridized carbons (Fsp3) is 0.556. The number of aldehydes is 1. The number of carbonyl (C=O) groups is 2. The van der Waals surface area contributed by atoms with Crippen molar-refractivity contribution in [1.82, 2.24) is 9.80 Å². The van der Waals surface area contributed by atoms with Crippen molar-refractivity contribution in [3.8, 4) is 0 Å². The summed E-state index contributed by atoms with van der Waals surface area (Å²) in [5, 5.41) is 0. The van der Waals surface area contributed by atoms with Gasteiger partial charge in [-0.15, -0.1) is 0 Å². The second-order valence-electron chi connectivity index (χ2n) is 6.29. The Hall–Kier alpha value is -1.68. The number of carbonyl (C=O) groups excluding carboxylic acids is 2. The summed E-state index contributed by atoms with van der Waals surface area (Å²) in [7, 11) is 0. The standard InChI is InChI=1S/C18H24N2O2/c21-14-16-10-7-13-20(16)18(22)17(15-8-3-1-4-9-15)19-11-5-2-6-12-19/h1,3-4,8-9,14,16-17H,2,5-7,10-13H2. The van der Waals surface area contributed by atoms with Gasteiger partial charge in [-0.2, -0.15) is 0 Å². The van der Waals surface area contributed by atoms with Crippen LogP contribution in [-0.2, 0) is 9.59 Å². The van der Waals surface area contributed by atoms with Crippen molar-refractivity contribution in [2.45, 2.75) is 44.2 Å². The molecule has 1 aromatic rings. The zero-order valence-electron chi connectivity index (χ0n) is 13.0. The Balaban J connectivity index is 1.87. The second-order valence-corrected chi connectivity index (χ2v) is 6.29. The summed E-state index contributed by atoms with van der Waals surface area (Å²) in [5.41, 5.74) is 1.05. The van der Waals surface area contributed by atoms with Crippen molar-refractivity contribution in [3.05, 3.63) is 35.9 Å². The molecule has 0 radical (unpaired) electrons. The third kappa shape index (κ3) is 3.07. The van der Waals surface area contributed by atoms with E-state index in [-0.39, 0.29) is 18.0 Å². The lowest BCUT2D eigenvalue weighted by Gasteiger charge is -2.36. The quantitative estimate of drug-likeness (QED) is 0.802. The highest BCUT2D eigenvalue weighted by Gasteiger charge is 2.36. The number of hydrogen-bond donors (Lipinski definition) is 0. The summed E-state index contributed by atoms with van der Waals surface area (Å²) >= 11 is 0. The summed E-state index contributed by atoms with van der Waals surface area (Å²) < 4.78 is 0. The van der Waals surface area contributed by atoms with E-state index in [1.54, 1.807) is 4.90 Å². The molecule has 1 amide bonds. The summed E-state index contributed by atoms with van der Waals surface area (Å²) in [6, 6.07) is 9.55. The van der Waals surface area contributed by atoms with Crippen molar-refractivity contribution >= 4 is 12.2 Å². The normalized spacial score (nSPS) is 24.2. The molecule has 2 atom stereocenters. The Morgan fingerprint density at radius 2 is 1.77 bits per heavy atom. The Kier molecular flexibility index (Phi) is 4.88. The van der Waals surface area contributed by atoms with Crippen LogP contribution in [0.15, 0.2) is 30.3 Å². The lowest BCUT2D eigenvalue weighted by atomic mass is 10.00. The molecular weight excluding hydrogens is 276 g/mol. The molecule has 0 saturated carbocycles. The highest BCUT2D eigenvalue weighted by Crippen LogP contribution is 2.29. The minimum atomic E-state index is -0.234. The van der Waals surface area contributed by atoms with E-state index < -0.39 is 0 Å². The van der Waals surface area contributed by atoms with Gasteiger partial charge in [-0.1, -0.05) is 36.8 Å². The largest absolute Gasteiger partial charge is 0.331 e. The first-order valence-corrected chi connectivity index (χ1v) is 8.36. The van der Waals surface area contributed by atoms with Crippen LogP contribution in [0, 0.1) is 0 Å². The molecule has 2 unspecified atom stereocenters. The number of rotatable bonds is 4. The van der Waals surface area contributed by atoms with E-state index in [1.807, 2.05) is 30.3 Å². The number of likely N-dealkylation sites (tertiary alicyclic amines) is 2. The van der Waals surface area contributed by atoms with Crippen molar-refractivity contribution < 1.29 is 9.59 Å². The minimum Gasteiger partial charge on any atom is -0.331 e. The molecule has 2 fully saturated rings. The fourth-order valence-corrected chi connectivity index (χ4v) is 3.69. The van der Waals surface area contributed by atoms with Gasteiger partial charge in [-0.3, -0.25) is 9.69 Å². The molecule has 2 heterocycles. The molecule has 0 N–H and O–H groups in total. The van der Waals surface area contributed by atoms with Crippen LogP contribution in [-0.4, -0.2) is 47.7 Å². The molecule has 0 bridgehead atoms. The Morgan fingerprint density at radius 1 is 1.05 bits per heavy atom. The summed E-state index contributed by atoms with van der Waals surface area (Å²) in [4.78, 5) is 28.5. The Morgan fingerprint density at radius 3 is 2.45 bits per heavy atom. The molecule has 3 rings (SSSR count). The van der Waals surface area contributed by atoms with Crippen molar-refractivity contribution in [1.29, 1.82) is 0 Å². The zero-order chi connectivity index (χ0) is 15.4. The fourth-order valence-electron chi connectivity index (χ4n) is 3.69. The van der Waals surface area contributed by atoms with Crippen molar-refractivity contribution in [2.24, 2.45) is 0 Å². The van der Waals surface area contributed by atoms with E-state index in [1.165, 1.54) is 6.42 Å². The van der Waals surface area contributed by atoms with Crippen LogP contribution in [0.4, 0.5) is 0 Å². The molecule has 22 heavy (non-hydrogen) atoms. The Labute approximate surface area is 132 Å². The van der Waals surface area contributed by atoms with Crippen LogP contribution < -0.4 is 0 Å². The number of benzene rings is 1. The van der Waals surface area contributed by atoms with E-state index in [0.29, 0.717) is 6.54 Å². The number of nitrogens with zero attached hydrogens (tertiary/aromatic N) is 2. The van der Waals surface area contributed by atoms with E-state index in [2.05, 4.69) is 4.90 Å². The Bertz CT molecular complexity index is 511. The molecule has 0 aliphatic carbocycles. The lowest BCUT2D eigenvalue weighted by Crippen LogP contribution is -2.46.